The van der Waals surface area contributed by atoms with Gasteiger partial charge in [-0.3, -0.25) is 4.90 Å². The van der Waals surface area contributed by atoms with Gasteiger partial charge in [-0.2, -0.15) is 0 Å². The van der Waals surface area contributed by atoms with Crippen molar-refractivity contribution < 1.29 is 9.15 Å². The average molecular weight is 354 g/mol. The number of hydrogen-bond acceptors (Lipinski definition) is 6. The Balaban J connectivity index is 1.39. The molecular formula is C20H26N4O2. The van der Waals surface area contributed by atoms with Crippen molar-refractivity contribution in [1.82, 2.24) is 14.9 Å². The van der Waals surface area contributed by atoms with Crippen LogP contribution in [0, 0.1) is 13.8 Å². The Morgan fingerprint density at radius 3 is 2.81 bits per heavy atom. The Bertz CT molecular complexity index is 793. The highest BCUT2D eigenvalue weighted by atomic mass is 16.5. The van der Waals surface area contributed by atoms with Crippen LogP contribution in [-0.4, -0.2) is 47.2 Å². The molecule has 2 saturated heterocycles. The number of ether oxygens (including phenoxy) is 1. The molecular weight excluding hydrogens is 328 g/mol. The monoisotopic (exact) mass is 354 g/mol. The van der Waals surface area contributed by atoms with Gasteiger partial charge >= 0.3 is 0 Å². The molecule has 0 N–H and O–H groups in total. The summed E-state index contributed by atoms with van der Waals surface area (Å²) in [5, 5.41) is 0. The molecule has 2 aromatic rings. The van der Waals surface area contributed by atoms with E-state index in [4.69, 9.17) is 19.1 Å². The minimum Gasteiger partial charge on any atom is -0.465 e. The number of furan rings is 1. The zero-order chi connectivity index (χ0) is 17.7. The van der Waals surface area contributed by atoms with Gasteiger partial charge in [-0.05, 0) is 38.3 Å². The first kappa shape index (κ1) is 16.3. The van der Waals surface area contributed by atoms with Crippen LogP contribution in [0.15, 0.2) is 16.7 Å². The zero-order valence-electron chi connectivity index (χ0n) is 15.6. The average Bonchev–Trinajstić information content (AvgIpc) is 3.12. The molecule has 5 heterocycles. The largest absolute Gasteiger partial charge is 0.465 e. The van der Waals surface area contributed by atoms with Gasteiger partial charge in [0.2, 0.25) is 5.95 Å². The van der Waals surface area contributed by atoms with Crippen molar-refractivity contribution >= 4 is 5.95 Å². The lowest BCUT2D eigenvalue weighted by molar-refractivity contribution is 0.121. The van der Waals surface area contributed by atoms with Crippen LogP contribution in [0.5, 0.6) is 0 Å². The number of rotatable bonds is 3. The maximum atomic E-state index is 5.94. The molecule has 2 atom stereocenters. The third-order valence-corrected chi connectivity index (χ3v) is 6.17. The Morgan fingerprint density at radius 2 is 2.04 bits per heavy atom. The highest BCUT2D eigenvalue weighted by molar-refractivity contribution is 5.37. The first-order valence-electron chi connectivity index (χ1n) is 9.69. The van der Waals surface area contributed by atoms with Crippen LogP contribution in [0.4, 0.5) is 5.95 Å². The summed E-state index contributed by atoms with van der Waals surface area (Å²) in [6.45, 7) is 8.34. The fourth-order valence-corrected chi connectivity index (χ4v) is 4.63. The molecule has 6 nitrogen and oxygen atoms in total. The number of aryl methyl sites for hydroxylation is 2. The second-order valence-corrected chi connectivity index (χ2v) is 7.75. The first-order valence-corrected chi connectivity index (χ1v) is 9.69. The number of morpholine rings is 1. The molecule has 26 heavy (non-hydrogen) atoms. The molecule has 0 aromatic carbocycles. The highest BCUT2D eigenvalue weighted by Gasteiger charge is 2.41. The van der Waals surface area contributed by atoms with Crippen molar-refractivity contribution in [2.45, 2.75) is 51.7 Å². The van der Waals surface area contributed by atoms with Crippen LogP contribution in [0.1, 0.15) is 47.2 Å². The van der Waals surface area contributed by atoms with E-state index < -0.39 is 0 Å². The number of anilines is 1. The molecule has 0 saturated carbocycles. The predicted octanol–water partition coefficient (Wildman–Crippen LogP) is 2.78. The molecule has 2 aromatic heterocycles. The minimum atomic E-state index is 0.424. The fourth-order valence-electron chi connectivity index (χ4n) is 4.63. The normalized spacial score (nSPS) is 25.5. The number of nitrogens with zero attached hydrogens (tertiary/aromatic N) is 4. The molecule has 0 radical (unpaired) electrons. The number of fused-ring (bicyclic) bond motifs is 4. The van der Waals surface area contributed by atoms with Gasteiger partial charge in [0.1, 0.15) is 11.5 Å². The lowest BCUT2D eigenvalue weighted by Crippen LogP contribution is -2.40. The smallest absolute Gasteiger partial charge is 0.225 e. The van der Waals surface area contributed by atoms with Gasteiger partial charge in [0.15, 0.2) is 0 Å². The molecule has 2 fully saturated rings. The lowest BCUT2D eigenvalue weighted by Gasteiger charge is -2.35. The third-order valence-electron chi connectivity index (χ3n) is 6.17. The molecule has 0 aliphatic carbocycles. The zero-order valence-corrected chi connectivity index (χ0v) is 15.6. The highest BCUT2D eigenvalue weighted by Crippen LogP contribution is 2.44. The summed E-state index contributed by atoms with van der Waals surface area (Å²) >= 11 is 0. The summed E-state index contributed by atoms with van der Waals surface area (Å²) in [7, 11) is 0. The van der Waals surface area contributed by atoms with E-state index in [1.165, 1.54) is 29.7 Å². The van der Waals surface area contributed by atoms with Gasteiger partial charge in [-0.25, -0.2) is 9.97 Å². The van der Waals surface area contributed by atoms with Crippen LogP contribution in [0.3, 0.4) is 0 Å². The molecule has 0 amide bonds. The van der Waals surface area contributed by atoms with Gasteiger partial charge in [0.05, 0.1) is 25.5 Å². The van der Waals surface area contributed by atoms with Gasteiger partial charge in [0, 0.05) is 43.4 Å². The van der Waals surface area contributed by atoms with Crippen LogP contribution in [0.25, 0.3) is 0 Å². The maximum Gasteiger partial charge on any atom is 0.225 e. The van der Waals surface area contributed by atoms with Crippen LogP contribution < -0.4 is 4.90 Å². The molecule has 5 rings (SSSR count). The Morgan fingerprint density at radius 1 is 1.19 bits per heavy atom. The van der Waals surface area contributed by atoms with Gasteiger partial charge in [-0.15, -0.1) is 0 Å². The van der Waals surface area contributed by atoms with E-state index in [1.807, 2.05) is 6.92 Å². The van der Waals surface area contributed by atoms with Crippen LogP contribution >= 0.6 is 0 Å². The summed E-state index contributed by atoms with van der Waals surface area (Å²) in [5.41, 5.74) is 3.80. The van der Waals surface area contributed by atoms with Crippen molar-refractivity contribution in [2.75, 3.05) is 31.2 Å². The standard InChI is InChI=1S/C20H26N4O2/c1-13-9-16(26-14(13)2)12-24-15-3-4-19(24)17-11-21-20(22-18(17)10-15)23-5-7-25-8-6-23/h9,11,15,19H,3-8,10,12H2,1-2H3. The second kappa shape index (κ2) is 6.35. The van der Waals surface area contributed by atoms with Gasteiger partial charge in [0.25, 0.3) is 0 Å². The van der Waals surface area contributed by atoms with E-state index in [1.54, 1.807) is 0 Å². The van der Waals surface area contributed by atoms with Crippen LogP contribution in [-0.2, 0) is 17.7 Å². The van der Waals surface area contributed by atoms with Crippen molar-refractivity contribution in [3.8, 4) is 0 Å². The Kier molecular flexibility index (Phi) is 3.98. The lowest BCUT2D eigenvalue weighted by atomic mass is 9.99. The Labute approximate surface area is 154 Å². The summed E-state index contributed by atoms with van der Waals surface area (Å²) in [6.07, 6.45) is 5.51. The maximum absolute atomic E-state index is 5.94. The van der Waals surface area contributed by atoms with Crippen molar-refractivity contribution in [3.05, 3.63) is 40.6 Å². The van der Waals surface area contributed by atoms with E-state index in [2.05, 4.69) is 29.0 Å². The molecule has 2 bridgehead atoms. The Hall–Kier alpha value is -1.92. The molecule has 138 valence electrons. The van der Waals surface area contributed by atoms with Crippen molar-refractivity contribution in [1.29, 1.82) is 0 Å². The van der Waals surface area contributed by atoms with Gasteiger partial charge < -0.3 is 14.1 Å². The van der Waals surface area contributed by atoms with E-state index in [9.17, 15) is 0 Å². The number of hydrogen-bond donors (Lipinski definition) is 0. The molecule has 6 heteroatoms. The van der Waals surface area contributed by atoms with E-state index >= 15 is 0 Å². The SMILES string of the molecule is Cc1cc(CN2C3CCC2c2cnc(N4CCOCC4)nc2C3)oc1C. The minimum absolute atomic E-state index is 0.424. The van der Waals surface area contributed by atoms with Crippen molar-refractivity contribution in [3.63, 3.8) is 0 Å². The quantitative estimate of drug-likeness (QED) is 0.845. The second-order valence-electron chi connectivity index (χ2n) is 7.75. The summed E-state index contributed by atoms with van der Waals surface area (Å²) in [4.78, 5) is 14.5. The third kappa shape index (κ3) is 2.72. The van der Waals surface area contributed by atoms with Crippen molar-refractivity contribution in [2.24, 2.45) is 0 Å². The fraction of sp³-hybridized carbons (Fsp3) is 0.600. The van der Waals surface area contributed by atoms with E-state index in [0.717, 1.165) is 56.7 Å². The molecule has 3 aliphatic heterocycles. The van der Waals surface area contributed by atoms with Crippen LogP contribution in [0.2, 0.25) is 0 Å². The predicted molar refractivity (Wildman–Crippen MR) is 98.3 cm³/mol. The van der Waals surface area contributed by atoms with E-state index in [0.29, 0.717) is 12.1 Å². The summed E-state index contributed by atoms with van der Waals surface area (Å²) in [5.74, 6) is 2.98. The first-order chi connectivity index (χ1) is 12.7. The van der Waals surface area contributed by atoms with Gasteiger partial charge in [-0.1, -0.05) is 0 Å². The molecule has 3 aliphatic rings. The summed E-state index contributed by atoms with van der Waals surface area (Å²) < 4.78 is 11.4. The number of aromatic nitrogens is 2. The van der Waals surface area contributed by atoms with E-state index in [-0.39, 0.29) is 0 Å². The summed E-state index contributed by atoms with van der Waals surface area (Å²) in [6, 6.07) is 3.17. The molecule has 2 unspecified atom stereocenters. The molecule has 0 spiro atoms. The topological polar surface area (TPSA) is 54.6 Å².